The quantitative estimate of drug-likeness (QED) is 0.466. The summed E-state index contributed by atoms with van der Waals surface area (Å²) < 4.78 is 4.92. The first-order valence-corrected chi connectivity index (χ1v) is 7.62. The number of carbonyl (C=O) groups excluding carboxylic acids is 2. The SMILES string of the molecule is COCCNCCNC(=O)CC(NC(N)=O)c1ccccc1C.Cl. The van der Waals surface area contributed by atoms with Gasteiger partial charge in [-0.2, -0.15) is 0 Å². The van der Waals surface area contributed by atoms with Gasteiger partial charge in [0.2, 0.25) is 5.91 Å². The van der Waals surface area contributed by atoms with Gasteiger partial charge in [0.25, 0.3) is 0 Å². The van der Waals surface area contributed by atoms with Crippen LogP contribution in [0.1, 0.15) is 23.6 Å². The second-order valence-electron chi connectivity index (χ2n) is 5.21. The van der Waals surface area contributed by atoms with Crippen LogP contribution in [0.5, 0.6) is 0 Å². The third-order valence-corrected chi connectivity index (χ3v) is 3.38. The van der Waals surface area contributed by atoms with Crippen LogP contribution in [0.15, 0.2) is 24.3 Å². The van der Waals surface area contributed by atoms with E-state index in [1.54, 1.807) is 7.11 Å². The van der Waals surface area contributed by atoms with E-state index in [2.05, 4.69) is 16.0 Å². The molecule has 7 nitrogen and oxygen atoms in total. The average molecular weight is 359 g/mol. The zero-order valence-electron chi connectivity index (χ0n) is 14.1. The lowest BCUT2D eigenvalue weighted by molar-refractivity contribution is -0.121. The predicted molar refractivity (Wildman–Crippen MR) is 96.3 cm³/mol. The molecule has 3 amide bonds. The van der Waals surface area contributed by atoms with E-state index in [1.165, 1.54) is 0 Å². The maximum Gasteiger partial charge on any atom is 0.312 e. The minimum Gasteiger partial charge on any atom is -0.383 e. The smallest absolute Gasteiger partial charge is 0.312 e. The number of nitrogens with two attached hydrogens (primary N) is 1. The number of methoxy groups -OCH3 is 1. The predicted octanol–water partition coefficient (Wildman–Crippen LogP) is 0.869. The van der Waals surface area contributed by atoms with Gasteiger partial charge in [-0.1, -0.05) is 24.3 Å². The molecule has 1 unspecified atom stereocenters. The average Bonchev–Trinajstić information content (AvgIpc) is 2.50. The molecule has 0 spiro atoms. The summed E-state index contributed by atoms with van der Waals surface area (Å²) in [6.45, 7) is 4.48. The molecule has 0 saturated heterocycles. The summed E-state index contributed by atoms with van der Waals surface area (Å²) >= 11 is 0. The Bertz CT molecular complexity index is 514. The molecular weight excluding hydrogens is 332 g/mol. The van der Waals surface area contributed by atoms with Crippen LogP contribution in [-0.2, 0) is 9.53 Å². The van der Waals surface area contributed by atoms with Gasteiger partial charge < -0.3 is 26.4 Å². The second kappa shape index (κ2) is 12.6. The molecule has 1 aromatic carbocycles. The number of rotatable bonds is 10. The van der Waals surface area contributed by atoms with Crippen LogP contribution in [0.25, 0.3) is 0 Å². The van der Waals surface area contributed by atoms with Gasteiger partial charge in [-0.05, 0) is 18.1 Å². The molecular formula is C16H27ClN4O3. The molecule has 0 heterocycles. The molecule has 0 bridgehead atoms. The molecule has 5 N–H and O–H groups in total. The number of nitrogens with one attached hydrogen (secondary N) is 3. The minimum atomic E-state index is -0.646. The van der Waals surface area contributed by atoms with Crippen molar-refractivity contribution in [1.82, 2.24) is 16.0 Å². The first-order valence-electron chi connectivity index (χ1n) is 7.62. The monoisotopic (exact) mass is 358 g/mol. The number of amides is 3. The van der Waals surface area contributed by atoms with Crippen LogP contribution in [0.3, 0.4) is 0 Å². The highest BCUT2D eigenvalue weighted by atomic mass is 35.5. The molecule has 1 rings (SSSR count). The van der Waals surface area contributed by atoms with Gasteiger partial charge in [0.05, 0.1) is 19.1 Å². The fourth-order valence-corrected chi connectivity index (χ4v) is 2.24. The Balaban J connectivity index is 0.00000529. The van der Waals surface area contributed by atoms with Crippen molar-refractivity contribution in [2.24, 2.45) is 5.73 Å². The van der Waals surface area contributed by atoms with Crippen molar-refractivity contribution in [3.8, 4) is 0 Å². The molecule has 1 atom stereocenters. The van der Waals surface area contributed by atoms with Crippen LogP contribution in [0.4, 0.5) is 4.79 Å². The lowest BCUT2D eigenvalue weighted by atomic mass is 9.98. The third-order valence-electron chi connectivity index (χ3n) is 3.38. The fraction of sp³-hybridized carbons (Fsp3) is 0.500. The second-order valence-corrected chi connectivity index (χ2v) is 5.21. The zero-order valence-corrected chi connectivity index (χ0v) is 14.9. The van der Waals surface area contributed by atoms with Crippen molar-refractivity contribution in [2.75, 3.05) is 33.4 Å². The normalized spacial score (nSPS) is 11.2. The van der Waals surface area contributed by atoms with E-state index in [4.69, 9.17) is 10.5 Å². The van der Waals surface area contributed by atoms with Gasteiger partial charge in [0.1, 0.15) is 0 Å². The molecule has 0 radical (unpaired) electrons. The van der Waals surface area contributed by atoms with Gasteiger partial charge in [-0.3, -0.25) is 4.79 Å². The van der Waals surface area contributed by atoms with Crippen molar-refractivity contribution in [3.63, 3.8) is 0 Å². The Kier molecular flexibility index (Phi) is 11.6. The van der Waals surface area contributed by atoms with Gasteiger partial charge in [0, 0.05) is 26.7 Å². The molecule has 136 valence electrons. The Labute approximate surface area is 149 Å². The molecule has 0 fully saturated rings. The highest BCUT2D eigenvalue weighted by Crippen LogP contribution is 2.20. The van der Waals surface area contributed by atoms with Crippen molar-refractivity contribution in [1.29, 1.82) is 0 Å². The largest absolute Gasteiger partial charge is 0.383 e. The van der Waals surface area contributed by atoms with E-state index in [0.29, 0.717) is 19.7 Å². The molecule has 0 aliphatic rings. The molecule has 0 aliphatic heterocycles. The van der Waals surface area contributed by atoms with Crippen molar-refractivity contribution >= 4 is 24.3 Å². The summed E-state index contributed by atoms with van der Waals surface area (Å²) in [4.78, 5) is 23.2. The standard InChI is InChI=1S/C16H26N4O3.ClH/c1-12-5-3-4-6-13(12)14(20-16(17)22)11-15(21)19-8-7-18-9-10-23-2;/h3-6,14,18H,7-11H2,1-2H3,(H,19,21)(H3,17,20,22);1H. The lowest BCUT2D eigenvalue weighted by Crippen LogP contribution is -2.38. The van der Waals surface area contributed by atoms with E-state index in [1.807, 2.05) is 31.2 Å². The highest BCUT2D eigenvalue weighted by Gasteiger charge is 2.18. The molecule has 0 aromatic heterocycles. The number of halogens is 1. The summed E-state index contributed by atoms with van der Waals surface area (Å²) in [7, 11) is 1.64. The summed E-state index contributed by atoms with van der Waals surface area (Å²) in [6, 6.07) is 6.52. The third kappa shape index (κ3) is 8.71. The van der Waals surface area contributed by atoms with Crippen molar-refractivity contribution in [3.05, 3.63) is 35.4 Å². The minimum absolute atomic E-state index is 0. The van der Waals surface area contributed by atoms with E-state index in [0.717, 1.165) is 17.7 Å². The van der Waals surface area contributed by atoms with Crippen LogP contribution in [-0.4, -0.2) is 45.3 Å². The number of benzene rings is 1. The van der Waals surface area contributed by atoms with E-state index in [9.17, 15) is 9.59 Å². The summed E-state index contributed by atoms with van der Waals surface area (Å²) in [5.74, 6) is -0.138. The molecule has 0 aliphatic carbocycles. The number of primary amides is 1. The number of hydrogen-bond acceptors (Lipinski definition) is 4. The van der Waals surface area contributed by atoms with E-state index in [-0.39, 0.29) is 24.7 Å². The number of urea groups is 1. The summed E-state index contributed by atoms with van der Waals surface area (Å²) in [5, 5.41) is 8.59. The first kappa shape index (κ1) is 22.2. The Hall–Kier alpha value is -1.83. The van der Waals surface area contributed by atoms with Crippen molar-refractivity contribution < 1.29 is 14.3 Å². The van der Waals surface area contributed by atoms with Gasteiger partial charge in [-0.15, -0.1) is 12.4 Å². The molecule has 1 aromatic rings. The summed E-state index contributed by atoms with van der Waals surface area (Å²) in [5.41, 5.74) is 7.11. The van der Waals surface area contributed by atoms with Crippen LogP contribution in [0.2, 0.25) is 0 Å². The maximum absolute atomic E-state index is 12.1. The van der Waals surface area contributed by atoms with Crippen molar-refractivity contribution in [2.45, 2.75) is 19.4 Å². The van der Waals surface area contributed by atoms with E-state index < -0.39 is 12.1 Å². The molecule has 24 heavy (non-hydrogen) atoms. The first-order chi connectivity index (χ1) is 11.0. The number of carbonyl (C=O) groups is 2. The van der Waals surface area contributed by atoms with Gasteiger partial charge in [-0.25, -0.2) is 4.79 Å². The van der Waals surface area contributed by atoms with E-state index >= 15 is 0 Å². The highest BCUT2D eigenvalue weighted by molar-refractivity contribution is 5.85. The van der Waals surface area contributed by atoms with Crippen LogP contribution < -0.4 is 21.7 Å². The van der Waals surface area contributed by atoms with Gasteiger partial charge in [0.15, 0.2) is 0 Å². The topological polar surface area (TPSA) is 105 Å². The Morgan fingerprint density at radius 2 is 1.92 bits per heavy atom. The Morgan fingerprint density at radius 1 is 1.21 bits per heavy atom. The van der Waals surface area contributed by atoms with Crippen LogP contribution in [0, 0.1) is 6.92 Å². The number of hydrogen-bond donors (Lipinski definition) is 4. The zero-order chi connectivity index (χ0) is 17.1. The maximum atomic E-state index is 12.1. The number of ether oxygens (including phenoxy) is 1. The van der Waals surface area contributed by atoms with Crippen LogP contribution >= 0.6 is 12.4 Å². The lowest BCUT2D eigenvalue weighted by Gasteiger charge is -2.19. The fourth-order valence-electron chi connectivity index (χ4n) is 2.24. The summed E-state index contributed by atoms with van der Waals surface area (Å²) in [6.07, 6.45) is 0.145. The van der Waals surface area contributed by atoms with Gasteiger partial charge >= 0.3 is 6.03 Å². The molecule has 0 saturated carbocycles. The Morgan fingerprint density at radius 3 is 2.54 bits per heavy atom. The molecule has 8 heteroatoms. The number of aryl methyl sites for hydroxylation is 1.